The lowest BCUT2D eigenvalue weighted by Gasteiger charge is -2.36. The number of nitrogens with zero attached hydrogens (tertiary/aromatic N) is 1. The molecule has 0 bridgehead atoms. The molecule has 0 radical (unpaired) electrons. The van der Waals surface area contributed by atoms with Gasteiger partial charge in [0.1, 0.15) is 10.9 Å². The minimum absolute atomic E-state index is 0.00514. The van der Waals surface area contributed by atoms with E-state index < -0.39 is 0 Å². The van der Waals surface area contributed by atoms with E-state index in [-0.39, 0.29) is 23.4 Å². The topological polar surface area (TPSA) is 72.0 Å². The molecule has 2 aromatic heterocycles. The third-order valence-corrected chi connectivity index (χ3v) is 8.03. The summed E-state index contributed by atoms with van der Waals surface area (Å²) < 4.78 is 5.69. The summed E-state index contributed by atoms with van der Waals surface area (Å²) in [6.45, 7) is 8.88. The van der Waals surface area contributed by atoms with Gasteiger partial charge in [0.05, 0.1) is 11.1 Å². The molecule has 0 amide bonds. The maximum absolute atomic E-state index is 12.8. The highest BCUT2D eigenvalue weighted by Crippen LogP contribution is 2.38. The number of benzene rings is 1. The molecule has 1 aliphatic carbocycles. The van der Waals surface area contributed by atoms with Gasteiger partial charge in [-0.3, -0.25) is 9.59 Å². The monoisotopic (exact) mass is 470 g/mol. The van der Waals surface area contributed by atoms with Crippen molar-refractivity contribution in [2.45, 2.75) is 64.6 Å². The number of carbonyl (C=O) groups is 1. The van der Waals surface area contributed by atoms with Gasteiger partial charge in [-0.05, 0) is 49.5 Å². The summed E-state index contributed by atoms with van der Waals surface area (Å²) in [5.74, 6) is 0.580. The number of hydrogen-bond donors (Lipinski definition) is 1. The Kier molecular flexibility index (Phi) is 6.77. The highest BCUT2D eigenvalue weighted by molar-refractivity contribution is 7.99. The third-order valence-electron chi connectivity index (χ3n) is 6.31. The summed E-state index contributed by atoms with van der Waals surface area (Å²) in [4.78, 5) is 33.2. The molecule has 1 N–H and O–H groups in total. The third kappa shape index (κ3) is 5.26. The van der Waals surface area contributed by atoms with E-state index >= 15 is 0 Å². The number of thioether (sulfide) groups is 1. The molecule has 3 aromatic rings. The van der Waals surface area contributed by atoms with Crippen molar-refractivity contribution in [3.05, 3.63) is 45.6 Å². The second-order valence-corrected chi connectivity index (χ2v) is 11.5. The standard InChI is InChI=1S/C25H30N2O3S2/c1-15-5-7-16(8-6-15)19-13-31-23-21(19)22(29)26-24(27-23)32-14-20(28)30-18-11-9-17(10-12-18)25(2,3)4/h5-8,13,17-18H,9-12,14H2,1-4H3,(H,26,27,29). The zero-order valence-electron chi connectivity index (χ0n) is 19.1. The van der Waals surface area contributed by atoms with E-state index in [0.29, 0.717) is 26.7 Å². The van der Waals surface area contributed by atoms with Crippen molar-refractivity contribution in [2.75, 3.05) is 5.75 Å². The predicted octanol–water partition coefficient (Wildman–Crippen LogP) is 6.20. The van der Waals surface area contributed by atoms with Gasteiger partial charge in [0.25, 0.3) is 5.56 Å². The maximum atomic E-state index is 12.8. The van der Waals surface area contributed by atoms with Crippen molar-refractivity contribution >= 4 is 39.3 Å². The number of fused-ring (bicyclic) bond motifs is 1. The molecule has 5 nitrogen and oxygen atoms in total. The Bertz CT molecular complexity index is 1150. The molecule has 1 aliphatic rings. The average Bonchev–Trinajstić information content (AvgIpc) is 3.17. The Hall–Kier alpha value is -2.12. The Labute approximate surface area is 197 Å². The first-order chi connectivity index (χ1) is 15.2. The summed E-state index contributed by atoms with van der Waals surface area (Å²) in [5.41, 5.74) is 3.19. The Balaban J connectivity index is 1.37. The van der Waals surface area contributed by atoms with Crippen molar-refractivity contribution in [3.8, 4) is 11.1 Å². The largest absolute Gasteiger partial charge is 0.462 e. The number of thiophene rings is 1. The van der Waals surface area contributed by atoms with Crippen molar-refractivity contribution in [3.63, 3.8) is 0 Å². The zero-order chi connectivity index (χ0) is 22.9. The van der Waals surface area contributed by atoms with Gasteiger partial charge in [-0.25, -0.2) is 4.98 Å². The number of carbonyl (C=O) groups excluding carboxylic acids is 1. The fourth-order valence-corrected chi connectivity index (χ4v) is 5.99. The fourth-order valence-electron chi connectivity index (χ4n) is 4.34. The van der Waals surface area contributed by atoms with Crippen LogP contribution in [0.1, 0.15) is 52.0 Å². The first-order valence-electron chi connectivity index (χ1n) is 11.1. The van der Waals surface area contributed by atoms with Crippen LogP contribution in [-0.2, 0) is 9.53 Å². The normalized spacial score (nSPS) is 19.2. The Morgan fingerprint density at radius 2 is 1.88 bits per heavy atom. The summed E-state index contributed by atoms with van der Waals surface area (Å²) in [6.07, 6.45) is 4.06. The molecule has 32 heavy (non-hydrogen) atoms. The van der Waals surface area contributed by atoms with Gasteiger partial charge >= 0.3 is 5.97 Å². The average molecular weight is 471 g/mol. The van der Waals surface area contributed by atoms with Gasteiger partial charge in [0, 0.05) is 10.9 Å². The van der Waals surface area contributed by atoms with Crippen LogP contribution in [0.5, 0.6) is 0 Å². The van der Waals surface area contributed by atoms with Gasteiger partial charge in [-0.2, -0.15) is 0 Å². The van der Waals surface area contributed by atoms with Crippen LogP contribution in [0.25, 0.3) is 21.3 Å². The molecule has 4 rings (SSSR count). The van der Waals surface area contributed by atoms with Crippen LogP contribution >= 0.6 is 23.1 Å². The van der Waals surface area contributed by atoms with E-state index in [0.717, 1.165) is 36.8 Å². The van der Waals surface area contributed by atoms with Crippen molar-refractivity contribution in [1.29, 1.82) is 0 Å². The van der Waals surface area contributed by atoms with Gasteiger partial charge in [-0.1, -0.05) is 62.4 Å². The molecular formula is C25H30N2O3S2. The highest BCUT2D eigenvalue weighted by Gasteiger charge is 2.31. The summed E-state index contributed by atoms with van der Waals surface area (Å²) >= 11 is 2.67. The van der Waals surface area contributed by atoms with Gasteiger partial charge in [0.2, 0.25) is 0 Å². The van der Waals surface area contributed by atoms with Gasteiger partial charge < -0.3 is 9.72 Å². The number of esters is 1. The molecule has 1 saturated carbocycles. The van der Waals surface area contributed by atoms with Crippen molar-refractivity contribution < 1.29 is 9.53 Å². The lowest BCUT2D eigenvalue weighted by atomic mass is 9.72. The van der Waals surface area contributed by atoms with Crippen LogP contribution in [0.15, 0.2) is 39.6 Å². The van der Waals surface area contributed by atoms with Crippen LogP contribution in [0.4, 0.5) is 0 Å². The molecule has 0 aliphatic heterocycles. The number of aromatic nitrogens is 2. The van der Waals surface area contributed by atoms with Crippen LogP contribution in [0.2, 0.25) is 0 Å². The smallest absolute Gasteiger partial charge is 0.316 e. The first kappa shape index (κ1) is 23.1. The SMILES string of the molecule is Cc1ccc(-c2csc3nc(SCC(=O)OC4CCC(C(C)(C)C)CC4)[nH]c(=O)c23)cc1. The number of rotatable bonds is 5. The molecule has 0 spiro atoms. The van der Waals surface area contributed by atoms with Gasteiger partial charge in [0.15, 0.2) is 5.16 Å². The van der Waals surface area contributed by atoms with Crippen LogP contribution in [0.3, 0.4) is 0 Å². The van der Waals surface area contributed by atoms with Crippen molar-refractivity contribution in [2.24, 2.45) is 11.3 Å². The lowest BCUT2D eigenvalue weighted by Crippen LogP contribution is -2.30. The molecule has 0 atom stereocenters. The first-order valence-corrected chi connectivity index (χ1v) is 13.0. The number of nitrogens with one attached hydrogen (secondary N) is 1. The molecule has 1 aromatic carbocycles. The molecule has 170 valence electrons. The van der Waals surface area contributed by atoms with Crippen LogP contribution in [-0.4, -0.2) is 27.8 Å². The minimum atomic E-state index is -0.247. The number of hydrogen-bond acceptors (Lipinski definition) is 6. The molecule has 7 heteroatoms. The number of aryl methyl sites for hydroxylation is 1. The summed E-state index contributed by atoms with van der Waals surface area (Å²) in [5, 5.41) is 3.02. The molecule has 1 fully saturated rings. The van der Waals surface area contributed by atoms with E-state index in [9.17, 15) is 9.59 Å². The number of ether oxygens (including phenoxy) is 1. The molecule has 0 unspecified atom stereocenters. The molecule has 2 heterocycles. The van der Waals surface area contributed by atoms with E-state index in [4.69, 9.17) is 4.74 Å². The summed E-state index contributed by atoms with van der Waals surface area (Å²) in [7, 11) is 0. The molecular weight excluding hydrogens is 440 g/mol. The van der Waals surface area contributed by atoms with Crippen LogP contribution < -0.4 is 5.56 Å². The van der Waals surface area contributed by atoms with Crippen molar-refractivity contribution in [1.82, 2.24) is 9.97 Å². The maximum Gasteiger partial charge on any atom is 0.316 e. The molecule has 0 saturated heterocycles. The van der Waals surface area contributed by atoms with E-state index in [2.05, 4.69) is 30.7 Å². The van der Waals surface area contributed by atoms with E-state index in [1.807, 2.05) is 36.6 Å². The number of aromatic amines is 1. The second-order valence-electron chi connectivity index (χ2n) is 9.68. The highest BCUT2D eigenvalue weighted by atomic mass is 32.2. The quantitative estimate of drug-likeness (QED) is 0.273. The van der Waals surface area contributed by atoms with Gasteiger partial charge in [-0.15, -0.1) is 11.3 Å². The van der Waals surface area contributed by atoms with E-state index in [1.54, 1.807) is 0 Å². The Morgan fingerprint density at radius 3 is 2.53 bits per heavy atom. The predicted molar refractivity (Wildman–Crippen MR) is 132 cm³/mol. The lowest BCUT2D eigenvalue weighted by molar-refractivity contribution is -0.148. The second kappa shape index (κ2) is 9.40. The minimum Gasteiger partial charge on any atom is -0.462 e. The summed E-state index contributed by atoms with van der Waals surface area (Å²) in [6, 6.07) is 8.10. The zero-order valence-corrected chi connectivity index (χ0v) is 20.7. The number of H-pyrrole nitrogens is 1. The van der Waals surface area contributed by atoms with Crippen LogP contribution in [0, 0.1) is 18.3 Å². The van der Waals surface area contributed by atoms with E-state index in [1.165, 1.54) is 28.7 Å². The fraction of sp³-hybridized carbons (Fsp3) is 0.480. The Morgan fingerprint density at radius 1 is 1.19 bits per heavy atom.